The quantitative estimate of drug-likeness (QED) is 0.762. The van der Waals surface area contributed by atoms with Gasteiger partial charge >= 0.3 is 0 Å². The summed E-state index contributed by atoms with van der Waals surface area (Å²) in [6.07, 6.45) is 0. The summed E-state index contributed by atoms with van der Waals surface area (Å²) >= 11 is 10.5. The van der Waals surface area contributed by atoms with E-state index in [1.54, 1.807) is 0 Å². The van der Waals surface area contributed by atoms with Crippen molar-refractivity contribution in [3.8, 4) is 0 Å². The molecule has 0 aromatic heterocycles. The largest absolute Gasteiger partial charge is 0.350 e. The number of nitrogens with zero attached hydrogens (tertiary/aromatic N) is 2. The van der Waals surface area contributed by atoms with E-state index in [1.807, 2.05) is 0 Å². The van der Waals surface area contributed by atoms with Crippen molar-refractivity contribution in [2.75, 3.05) is 26.2 Å². The minimum Gasteiger partial charge on any atom is -0.350 e. The summed E-state index contributed by atoms with van der Waals surface area (Å²) in [5.74, 6) is 0. The Hall–Kier alpha value is -0.420. The summed E-state index contributed by atoms with van der Waals surface area (Å²) in [5.41, 5.74) is 0. The second-order valence-corrected chi connectivity index (χ2v) is 3.85. The molecule has 1 N–H and O–H groups in total. The van der Waals surface area contributed by atoms with E-state index in [0.29, 0.717) is 0 Å². The lowest BCUT2D eigenvalue weighted by molar-refractivity contribution is 0.444. The molecule has 0 unspecified atom stereocenters. The van der Waals surface area contributed by atoms with Crippen LogP contribution in [0.5, 0.6) is 0 Å². The Morgan fingerprint density at radius 2 is 1.07 bits per heavy atom. The van der Waals surface area contributed by atoms with Gasteiger partial charge in [0.1, 0.15) is 0 Å². The van der Waals surface area contributed by atoms with Crippen LogP contribution in [0.25, 0.3) is 0 Å². The van der Waals surface area contributed by atoms with Crippen molar-refractivity contribution in [2.24, 2.45) is 0 Å². The smallest absolute Gasteiger partial charge is 0.175 e. The molecule has 0 rings (SSSR count). The molecule has 88 valence electrons. The Morgan fingerprint density at radius 3 is 1.27 bits per heavy atom. The Labute approximate surface area is 104 Å². The predicted molar refractivity (Wildman–Crippen MR) is 74.2 cm³/mol. The maximum atomic E-state index is 5.27. The highest BCUT2D eigenvalue weighted by atomic mass is 32.1. The maximum absolute atomic E-state index is 5.27. The first-order valence-corrected chi connectivity index (χ1v) is 6.27. The van der Waals surface area contributed by atoms with Gasteiger partial charge in [-0.3, -0.25) is 0 Å². The summed E-state index contributed by atoms with van der Waals surface area (Å²) in [7, 11) is 0. The standard InChI is InChI=1S/C10H21N3S2/c1-5-12(6-2)9(14)11-10(15)13(7-3)8-4/h5-8H2,1-4H3,(H,11,14,15). The van der Waals surface area contributed by atoms with Gasteiger partial charge in [0.25, 0.3) is 0 Å². The van der Waals surface area contributed by atoms with Gasteiger partial charge in [0.05, 0.1) is 0 Å². The topological polar surface area (TPSA) is 18.5 Å². The van der Waals surface area contributed by atoms with Gasteiger partial charge in [-0.25, -0.2) is 0 Å². The zero-order chi connectivity index (χ0) is 11.8. The number of rotatable bonds is 4. The van der Waals surface area contributed by atoms with Gasteiger partial charge in [0, 0.05) is 26.2 Å². The summed E-state index contributed by atoms with van der Waals surface area (Å²) in [6.45, 7) is 11.9. The molecular weight excluding hydrogens is 226 g/mol. The van der Waals surface area contributed by atoms with E-state index in [4.69, 9.17) is 24.4 Å². The van der Waals surface area contributed by atoms with E-state index in [9.17, 15) is 0 Å². The molecule has 0 aliphatic heterocycles. The second kappa shape index (κ2) is 7.82. The van der Waals surface area contributed by atoms with Crippen molar-refractivity contribution in [3.05, 3.63) is 0 Å². The molecular formula is C10H21N3S2. The van der Waals surface area contributed by atoms with Crippen LogP contribution in [0.4, 0.5) is 0 Å². The van der Waals surface area contributed by atoms with Gasteiger partial charge < -0.3 is 15.1 Å². The van der Waals surface area contributed by atoms with Crippen LogP contribution in [-0.4, -0.2) is 46.2 Å². The molecule has 15 heavy (non-hydrogen) atoms. The molecule has 0 aliphatic carbocycles. The van der Waals surface area contributed by atoms with E-state index in [-0.39, 0.29) is 0 Å². The van der Waals surface area contributed by atoms with Crippen LogP contribution in [0.3, 0.4) is 0 Å². The first kappa shape index (κ1) is 14.6. The van der Waals surface area contributed by atoms with Gasteiger partial charge in [-0.2, -0.15) is 0 Å². The van der Waals surface area contributed by atoms with Crippen LogP contribution < -0.4 is 5.32 Å². The summed E-state index contributed by atoms with van der Waals surface area (Å²) < 4.78 is 0. The van der Waals surface area contributed by atoms with Crippen LogP contribution in [0.15, 0.2) is 0 Å². The molecule has 5 heteroatoms. The third-order valence-corrected chi connectivity index (χ3v) is 3.04. The second-order valence-electron chi connectivity index (χ2n) is 3.08. The van der Waals surface area contributed by atoms with Gasteiger partial charge in [-0.15, -0.1) is 0 Å². The SMILES string of the molecule is CCN(CC)C(=S)NC(=S)N(CC)CC. The average molecular weight is 247 g/mol. The highest BCUT2D eigenvalue weighted by Gasteiger charge is 2.10. The molecule has 0 fully saturated rings. The van der Waals surface area contributed by atoms with Crippen LogP contribution in [0.1, 0.15) is 27.7 Å². The molecule has 0 atom stereocenters. The highest BCUT2D eigenvalue weighted by Crippen LogP contribution is 1.93. The number of thiocarbonyl (C=S) groups is 2. The lowest BCUT2D eigenvalue weighted by Gasteiger charge is -2.27. The highest BCUT2D eigenvalue weighted by molar-refractivity contribution is 7.81. The van der Waals surface area contributed by atoms with E-state index in [1.165, 1.54) is 0 Å². The van der Waals surface area contributed by atoms with Crippen molar-refractivity contribution in [1.82, 2.24) is 15.1 Å². The molecule has 0 radical (unpaired) electrons. The molecule has 0 saturated heterocycles. The number of hydrogen-bond acceptors (Lipinski definition) is 2. The normalized spacial score (nSPS) is 9.60. The van der Waals surface area contributed by atoms with Crippen molar-refractivity contribution in [2.45, 2.75) is 27.7 Å². The van der Waals surface area contributed by atoms with Crippen LogP contribution in [0.2, 0.25) is 0 Å². The molecule has 3 nitrogen and oxygen atoms in total. The van der Waals surface area contributed by atoms with Crippen molar-refractivity contribution < 1.29 is 0 Å². The summed E-state index contributed by atoms with van der Waals surface area (Å²) in [6, 6.07) is 0. The molecule has 0 amide bonds. The minimum absolute atomic E-state index is 0.719. The third-order valence-electron chi connectivity index (χ3n) is 2.32. The Bertz CT molecular complexity index is 189. The predicted octanol–water partition coefficient (Wildman–Crippen LogP) is 1.83. The first-order chi connectivity index (χ1) is 7.10. The van der Waals surface area contributed by atoms with E-state index >= 15 is 0 Å². The van der Waals surface area contributed by atoms with Crippen LogP contribution >= 0.6 is 24.4 Å². The third kappa shape index (κ3) is 4.75. The van der Waals surface area contributed by atoms with Gasteiger partial charge in [-0.05, 0) is 52.1 Å². The fraction of sp³-hybridized carbons (Fsp3) is 0.800. The van der Waals surface area contributed by atoms with Gasteiger partial charge in [-0.1, -0.05) is 0 Å². The average Bonchev–Trinajstić information content (AvgIpc) is 2.21. The van der Waals surface area contributed by atoms with Crippen LogP contribution in [0, 0.1) is 0 Å². The van der Waals surface area contributed by atoms with E-state index in [2.05, 4.69) is 42.8 Å². The minimum atomic E-state index is 0.719. The molecule has 0 aliphatic rings. The van der Waals surface area contributed by atoms with E-state index in [0.717, 1.165) is 36.4 Å². The molecule has 0 aromatic carbocycles. The van der Waals surface area contributed by atoms with E-state index < -0.39 is 0 Å². The molecule has 0 spiro atoms. The Balaban J connectivity index is 4.21. The Morgan fingerprint density at radius 1 is 0.800 bits per heavy atom. The van der Waals surface area contributed by atoms with Gasteiger partial charge in [0.15, 0.2) is 10.2 Å². The molecule has 0 saturated carbocycles. The fourth-order valence-electron chi connectivity index (χ4n) is 1.27. The zero-order valence-electron chi connectivity index (χ0n) is 10.0. The van der Waals surface area contributed by atoms with Crippen LogP contribution in [-0.2, 0) is 0 Å². The van der Waals surface area contributed by atoms with Gasteiger partial charge in [0.2, 0.25) is 0 Å². The summed E-state index contributed by atoms with van der Waals surface area (Å²) in [5, 5.41) is 4.54. The zero-order valence-corrected chi connectivity index (χ0v) is 11.7. The first-order valence-electron chi connectivity index (χ1n) is 5.45. The maximum Gasteiger partial charge on any atom is 0.175 e. The lowest BCUT2D eigenvalue weighted by atomic mass is 10.5. The fourth-order valence-corrected chi connectivity index (χ4v) is 2.05. The van der Waals surface area contributed by atoms with Crippen molar-refractivity contribution >= 4 is 34.7 Å². The monoisotopic (exact) mass is 247 g/mol. The van der Waals surface area contributed by atoms with Crippen molar-refractivity contribution in [3.63, 3.8) is 0 Å². The molecule has 0 heterocycles. The Kier molecular flexibility index (Phi) is 7.60. The lowest BCUT2D eigenvalue weighted by Crippen LogP contribution is -2.48. The molecule has 0 bridgehead atoms. The van der Waals surface area contributed by atoms with Crippen molar-refractivity contribution in [1.29, 1.82) is 0 Å². The summed E-state index contributed by atoms with van der Waals surface area (Å²) in [4.78, 5) is 4.15. The molecule has 0 aromatic rings. The number of nitrogens with one attached hydrogen (secondary N) is 1. The number of hydrogen-bond donors (Lipinski definition) is 1.